The van der Waals surface area contributed by atoms with Crippen molar-refractivity contribution >= 4 is 17.8 Å². The van der Waals surface area contributed by atoms with Gasteiger partial charge in [-0.15, -0.1) is 0 Å². The Hall–Kier alpha value is -1.24. The van der Waals surface area contributed by atoms with E-state index in [1.807, 2.05) is 35.2 Å². The molecule has 2 rings (SSSR count). The van der Waals surface area contributed by atoms with Crippen molar-refractivity contribution < 1.29 is 4.79 Å². The van der Waals surface area contributed by atoms with Crippen LogP contribution in [0.25, 0.3) is 0 Å². The lowest BCUT2D eigenvalue weighted by atomic mass is 10.4. The number of carbonyl (C=O) groups is 1. The lowest BCUT2D eigenvalue weighted by molar-refractivity contribution is 0.202. The van der Waals surface area contributed by atoms with Crippen molar-refractivity contribution in [3.63, 3.8) is 0 Å². The van der Waals surface area contributed by atoms with Crippen molar-refractivity contribution in [3.8, 4) is 0 Å². The minimum atomic E-state index is 0.0618. The molecule has 0 unspecified atom stereocenters. The summed E-state index contributed by atoms with van der Waals surface area (Å²) in [4.78, 5) is 18.0. The van der Waals surface area contributed by atoms with E-state index < -0.39 is 0 Å². The van der Waals surface area contributed by atoms with Crippen LogP contribution < -0.4 is 5.32 Å². The minimum absolute atomic E-state index is 0.0618. The molecule has 0 aromatic carbocycles. The molecule has 1 aliphatic rings. The zero-order chi connectivity index (χ0) is 13.7. The van der Waals surface area contributed by atoms with E-state index in [1.165, 1.54) is 0 Å². The first kappa shape index (κ1) is 14.2. The molecule has 0 saturated carbocycles. The van der Waals surface area contributed by atoms with Crippen LogP contribution in [0.1, 0.15) is 18.1 Å². The normalized spacial score (nSPS) is 15.6. The SMILES string of the molecule is Cc1nc(C)n(CCCNC(=O)N2CCSCC2)n1. The quantitative estimate of drug-likeness (QED) is 0.839. The van der Waals surface area contributed by atoms with Crippen LogP contribution in [0.2, 0.25) is 0 Å². The van der Waals surface area contributed by atoms with Gasteiger partial charge in [0, 0.05) is 37.7 Å². The second-order valence-electron chi connectivity index (χ2n) is 4.61. The van der Waals surface area contributed by atoms with Gasteiger partial charge in [-0.25, -0.2) is 9.78 Å². The first-order chi connectivity index (χ1) is 9.16. The Morgan fingerprint density at radius 2 is 2.11 bits per heavy atom. The molecular weight excluding hydrogens is 262 g/mol. The van der Waals surface area contributed by atoms with Gasteiger partial charge in [-0.1, -0.05) is 0 Å². The maximum atomic E-state index is 11.9. The average Bonchev–Trinajstić information content (AvgIpc) is 2.74. The summed E-state index contributed by atoms with van der Waals surface area (Å²) in [5.74, 6) is 3.82. The fourth-order valence-electron chi connectivity index (χ4n) is 2.08. The van der Waals surface area contributed by atoms with Gasteiger partial charge in [-0.05, 0) is 20.3 Å². The van der Waals surface area contributed by atoms with Gasteiger partial charge in [0.15, 0.2) is 0 Å². The average molecular weight is 283 g/mol. The molecule has 2 heterocycles. The summed E-state index contributed by atoms with van der Waals surface area (Å²) >= 11 is 1.91. The highest BCUT2D eigenvalue weighted by atomic mass is 32.2. The number of nitrogens with one attached hydrogen (secondary N) is 1. The molecule has 7 heteroatoms. The summed E-state index contributed by atoms with van der Waals surface area (Å²) < 4.78 is 1.89. The Kier molecular flexibility index (Phi) is 5.07. The number of urea groups is 1. The van der Waals surface area contributed by atoms with E-state index in [4.69, 9.17) is 0 Å². The van der Waals surface area contributed by atoms with Crippen LogP contribution in [0, 0.1) is 13.8 Å². The van der Waals surface area contributed by atoms with Gasteiger partial charge in [0.1, 0.15) is 11.6 Å². The van der Waals surface area contributed by atoms with E-state index in [0.29, 0.717) is 6.54 Å². The molecule has 0 bridgehead atoms. The number of aryl methyl sites for hydroxylation is 3. The fraction of sp³-hybridized carbons (Fsp3) is 0.750. The summed E-state index contributed by atoms with van der Waals surface area (Å²) in [6.07, 6.45) is 0.873. The number of carbonyl (C=O) groups excluding carboxylic acids is 1. The smallest absolute Gasteiger partial charge is 0.317 e. The van der Waals surface area contributed by atoms with E-state index in [0.717, 1.165) is 49.2 Å². The van der Waals surface area contributed by atoms with Crippen LogP contribution in [0.3, 0.4) is 0 Å². The maximum absolute atomic E-state index is 11.9. The van der Waals surface area contributed by atoms with Crippen LogP contribution in [-0.4, -0.2) is 56.8 Å². The zero-order valence-electron chi connectivity index (χ0n) is 11.6. The number of hydrogen-bond acceptors (Lipinski definition) is 4. The molecule has 19 heavy (non-hydrogen) atoms. The molecule has 1 aromatic heterocycles. The summed E-state index contributed by atoms with van der Waals surface area (Å²) in [7, 11) is 0. The van der Waals surface area contributed by atoms with E-state index >= 15 is 0 Å². The van der Waals surface area contributed by atoms with Crippen molar-refractivity contribution in [1.29, 1.82) is 0 Å². The van der Waals surface area contributed by atoms with Gasteiger partial charge in [0.05, 0.1) is 0 Å². The predicted octanol–water partition coefficient (Wildman–Crippen LogP) is 1.04. The molecule has 1 aromatic rings. The third-order valence-electron chi connectivity index (χ3n) is 3.08. The van der Waals surface area contributed by atoms with Crippen LogP contribution in [-0.2, 0) is 6.54 Å². The zero-order valence-corrected chi connectivity index (χ0v) is 12.4. The number of aromatic nitrogens is 3. The van der Waals surface area contributed by atoms with Crippen molar-refractivity contribution in [2.24, 2.45) is 0 Å². The standard InChI is InChI=1S/C12H21N5OS/c1-10-14-11(2)17(15-10)5-3-4-13-12(18)16-6-8-19-9-7-16/h3-9H2,1-2H3,(H,13,18). The van der Waals surface area contributed by atoms with Crippen molar-refractivity contribution in [2.45, 2.75) is 26.8 Å². The Morgan fingerprint density at radius 1 is 1.37 bits per heavy atom. The van der Waals surface area contributed by atoms with Crippen molar-refractivity contribution in [3.05, 3.63) is 11.6 Å². The Labute approximate surface area is 117 Å². The second-order valence-corrected chi connectivity index (χ2v) is 5.84. The molecule has 1 N–H and O–H groups in total. The summed E-state index contributed by atoms with van der Waals surface area (Å²) in [6.45, 7) is 7.03. The van der Waals surface area contributed by atoms with E-state index in [2.05, 4.69) is 15.4 Å². The van der Waals surface area contributed by atoms with Gasteiger partial charge in [0.2, 0.25) is 0 Å². The van der Waals surface area contributed by atoms with Crippen molar-refractivity contribution in [1.82, 2.24) is 25.0 Å². The molecule has 1 saturated heterocycles. The van der Waals surface area contributed by atoms with E-state index in [1.54, 1.807) is 0 Å². The minimum Gasteiger partial charge on any atom is -0.338 e. The fourth-order valence-corrected chi connectivity index (χ4v) is 2.98. The van der Waals surface area contributed by atoms with Crippen LogP contribution in [0.5, 0.6) is 0 Å². The third-order valence-corrected chi connectivity index (χ3v) is 4.03. The summed E-state index contributed by atoms with van der Waals surface area (Å²) in [6, 6.07) is 0.0618. The first-order valence-electron chi connectivity index (χ1n) is 6.65. The molecule has 0 atom stereocenters. The van der Waals surface area contributed by atoms with E-state index in [-0.39, 0.29) is 6.03 Å². The number of nitrogens with zero attached hydrogens (tertiary/aromatic N) is 4. The van der Waals surface area contributed by atoms with Gasteiger partial charge in [0.25, 0.3) is 0 Å². The van der Waals surface area contributed by atoms with E-state index in [9.17, 15) is 4.79 Å². The number of thioether (sulfide) groups is 1. The topological polar surface area (TPSA) is 63.1 Å². The van der Waals surface area contributed by atoms with Gasteiger partial charge >= 0.3 is 6.03 Å². The predicted molar refractivity (Wildman–Crippen MR) is 76.4 cm³/mol. The second kappa shape index (κ2) is 6.79. The number of amides is 2. The molecular formula is C12H21N5OS. The Morgan fingerprint density at radius 3 is 2.74 bits per heavy atom. The molecule has 106 valence electrons. The van der Waals surface area contributed by atoms with Gasteiger partial charge in [-0.3, -0.25) is 4.68 Å². The van der Waals surface area contributed by atoms with Crippen molar-refractivity contribution in [2.75, 3.05) is 31.1 Å². The van der Waals surface area contributed by atoms with Gasteiger partial charge < -0.3 is 10.2 Å². The molecule has 6 nitrogen and oxygen atoms in total. The number of rotatable bonds is 4. The third kappa shape index (κ3) is 4.12. The summed E-state index contributed by atoms with van der Waals surface area (Å²) in [5.41, 5.74) is 0. The highest BCUT2D eigenvalue weighted by Crippen LogP contribution is 2.08. The van der Waals surface area contributed by atoms with Crippen LogP contribution in [0.15, 0.2) is 0 Å². The molecule has 0 radical (unpaired) electrons. The van der Waals surface area contributed by atoms with Gasteiger partial charge in [-0.2, -0.15) is 16.9 Å². The number of hydrogen-bond donors (Lipinski definition) is 1. The summed E-state index contributed by atoms with van der Waals surface area (Å²) in [5, 5.41) is 7.26. The molecule has 0 spiro atoms. The maximum Gasteiger partial charge on any atom is 0.317 e. The Balaban J connectivity index is 1.66. The highest BCUT2D eigenvalue weighted by Gasteiger charge is 2.15. The monoisotopic (exact) mass is 283 g/mol. The first-order valence-corrected chi connectivity index (χ1v) is 7.81. The lowest BCUT2D eigenvalue weighted by Crippen LogP contribution is -2.44. The van der Waals surface area contributed by atoms with Crippen LogP contribution >= 0.6 is 11.8 Å². The molecule has 1 fully saturated rings. The lowest BCUT2D eigenvalue weighted by Gasteiger charge is -2.26. The largest absolute Gasteiger partial charge is 0.338 e. The molecule has 2 amide bonds. The Bertz CT molecular complexity index is 428. The van der Waals surface area contributed by atoms with Crippen LogP contribution in [0.4, 0.5) is 4.79 Å². The molecule has 0 aliphatic carbocycles. The highest BCUT2D eigenvalue weighted by molar-refractivity contribution is 7.99. The molecule has 1 aliphatic heterocycles.